The van der Waals surface area contributed by atoms with Gasteiger partial charge in [-0.1, -0.05) is 12.1 Å². The minimum atomic E-state index is -0.275. The molecule has 2 aromatic carbocycles. The van der Waals surface area contributed by atoms with Crippen molar-refractivity contribution in [3.05, 3.63) is 71.0 Å². The Morgan fingerprint density at radius 3 is 2.36 bits per heavy atom. The lowest BCUT2D eigenvalue weighted by Crippen LogP contribution is -2.13. The number of benzene rings is 2. The number of nitrogens with zero attached hydrogens (tertiary/aromatic N) is 2. The van der Waals surface area contributed by atoms with Crippen LogP contribution in [0.4, 0.5) is 17.3 Å². The molecule has 1 heterocycles. The van der Waals surface area contributed by atoms with Crippen LogP contribution in [0.15, 0.2) is 65.4 Å². The molecule has 0 fully saturated rings. The highest BCUT2D eigenvalue weighted by molar-refractivity contribution is 9.10. The van der Waals surface area contributed by atoms with Crippen molar-refractivity contribution >= 4 is 39.2 Å². The molecule has 3 aromatic rings. The zero-order valence-electron chi connectivity index (χ0n) is 13.4. The number of amides is 1. The molecule has 0 aliphatic rings. The van der Waals surface area contributed by atoms with E-state index in [2.05, 4.69) is 36.5 Å². The molecule has 6 nitrogen and oxygen atoms in total. The topological polar surface area (TPSA) is 76.1 Å². The van der Waals surface area contributed by atoms with Gasteiger partial charge in [-0.05, 0) is 52.3 Å². The molecule has 0 aliphatic heterocycles. The Bertz CT molecular complexity index is 867. The summed E-state index contributed by atoms with van der Waals surface area (Å²) in [5.41, 5.74) is 1.88. The van der Waals surface area contributed by atoms with Crippen LogP contribution in [0.25, 0.3) is 0 Å². The summed E-state index contributed by atoms with van der Waals surface area (Å²) in [5, 5.41) is 5.87. The van der Waals surface area contributed by atoms with E-state index in [1.54, 1.807) is 7.11 Å². The van der Waals surface area contributed by atoms with Crippen LogP contribution in [-0.4, -0.2) is 23.0 Å². The first-order valence-electron chi connectivity index (χ1n) is 7.45. The molecule has 2 N–H and O–H groups in total. The molecule has 0 atom stereocenters. The van der Waals surface area contributed by atoms with Crippen LogP contribution >= 0.6 is 15.9 Å². The number of anilines is 3. The van der Waals surface area contributed by atoms with E-state index in [4.69, 9.17) is 4.74 Å². The Morgan fingerprint density at radius 2 is 1.72 bits per heavy atom. The lowest BCUT2D eigenvalue weighted by Gasteiger charge is -2.08. The second kappa shape index (κ2) is 7.76. The third-order valence-corrected chi connectivity index (χ3v) is 4.07. The summed E-state index contributed by atoms with van der Waals surface area (Å²) in [7, 11) is 1.61. The van der Waals surface area contributed by atoms with Crippen LogP contribution < -0.4 is 15.4 Å². The van der Waals surface area contributed by atoms with Gasteiger partial charge in [-0.25, -0.2) is 9.97 Å². The van der Waals surface area contributed by atoms with Gasteiger partial charge in [0.25, 0.3) is 5.91 Å². The van der Waals surface area contributed by atoms with E-state index in [9.17, 15) is 4.79 Å². The van der Waals surface area contributed by atoms with Crippen molar-refractivity contribution in [1.29, 1.82) is 0 Å². The number of rotatable bonds is 5. The van der Waals surface area contributed by atoms with Gasteiger partial charge in [0, 0.05) is 22.6 Å². The molecule has 25 heavy (non-hydrogen) atoms. The minimum Gasteiger partial charge on any atom is -0.497 e. The number of hydrogen-bond acceptors (Lipinski definition) is 5. The van der Waals surface area contributed by atoms with E-state index < -0.39 is 0 Å². The lowest BCUT2D eigenvalue weighted by molar-refractivity contribution is 0.102. The predicted octanol–water partition coefficient (Wildman–Crippen LogP) is 4.24. The van der Waals surface area contributed by atoms with Gasteiger partial charge in [0.05, 0.1) is 18.4 Å². The molecular weight excluding hydrogens is 384 g/mol. The normalized spacial score (nSPS) is 10.2. The van der Waals surface area contributed by atoms with Crippen molar-refractivity contribution in [2.75, 3.05) is 17.7 Å². The van der Waals surface area contributed by atoms with Gasteiger partial charge in [-0.3, -0.25) is 4.79 Å². The van der Waals surface area contributed by atoms with Gasteiger partial charge in [0.1, 0.15) is 5.75 Å². The molecule has 0 aliphatic carbocycles. The first-order valence-corrected chi connectivity index (χ1v) is 8.24. The molecule has 0 spiro atoms. The summed E-state index contributed by atoms with van der Waals surface area (Å²) in [6.45, 7) is 0. The number of ether oxygens (including phenoxy) is 1. The fourth-order valence-corrected chi connectivity index (χ4v) is 2.45. The first kappa shape index (κ1) is 16.9. The number of methoxy groups -OCH3 is 1. The number of halogens is 1. The molecule has 0 radical (unpaired) electrons. The third-order valence-electron chi connectivity index (χ3n) is 3.38. The summed E-state index contributed by atoms with van der Waals surface area (Å²) in [6.07, 6.45) is 2.95. The van der Waals surface area contributed by atoms with Crippen LogP contribution in [-0.2, 0) is 0 Å². The van der Waals surface area contributed by atoms with Crippen LogP contribution in [0.5, 0.6) is 5.75 Å². The molecule has 0 unspecified atom stereocenters. The van der Waals surface area contributed by atoms with E-state index in [0.717, 1.165) is 15.9 Å². The number of para-hydroxylation sites is 1. The maximum atomic E-state index is 12.3. The van der Waals surface area contributed by atoms with E-state index >= 15 is 0 Å². The SMILES string of the molecule is COc1ccc(Nc2ncc(C(=O)Nc3ccccc3Br)cn2)cc1. The summed E-state index contributed by atoms with van der Waals surface area (Å²) in [5.74, 6) is 0.899. The van der Waals surface area contributed by atoms with Crippen LogP contribution in [0, 0.1) is 0 Å². The smallest absolute Gasteiger partial charge is 0.258 e. The summed E-state index contributed by atoms with van der Waals surface area (Å²) >= 11 is 3.39. The second-order valence-corrected chi connectivity index (χ2v) is 5.94. The minimum absolute atomic E-state index is 0.275. The Morgan fingerprint density at radius 1 is 1.04 bits per heavy atom. The molecule has 1 amide bonds. The Hall–Kier alpha value is -2.93. The Balaban J connectivity index is 1.67. The van der Waals surface area contributed by atoms with Crippen molar-refractivity contribution in [2.24, 2.45) is 0 Å². The average Bonchev–Trinajstić information content (AvgIpc) is 2.65. The third kappa shape index (κ3) is 4.33. The second-order valence-electron chi connectivity index (χ2n) is 5.08. The highest BCUT2D eigenvalue weighted by Gasteiger charge is 2.09. The van der Waals surface area contributed by atoms with E-state index in [-0.39, 0.29) is 5.91 Å². The van der Waals surface area contributed by atoms with Gasteiger partial charge >= 0.3 is 0 Å². The van der Waals surface area contributed by atoms with Gasteiger partial charge in [-0.15, -0.1) is 0 Å². The molecule has 3 rings (SSSR count). The van der Waals surface area contributed by atoms with Crippen molar-refractivity contribution in [3.8, 4) is 5.75 Å². The van der Waals surface area contributed by atoms with E-state index in [1.807, 2.05) is 48.5 Å². The van der Waals surface area contributed by atoms with Gasteiger partial charge in [-0.2, -0.15) is 0 Å². The van der Waals surface area contributed by atoms with E-state index in [0.29, 0.717) is 17.2 Å². The number of nitrogens with one attached hydrogen (secondary N) is 2. The fraction of sp³-hybridized carbons (Fsp3) is 0.0556. The van der Waals surface area contributed by atoms with Gasteiger partial charge in [0.2, 0.25) is 5.95 Å². The van der Waals surface area contributed by atoms with Gasteiger partial charge < -0.3 is 15.4 Å². The summed E-state index contributed by atoms with van der Waals surface area (Å²) in [6, 6.07) is 14.8. The van der Waals surface area contributed by atoms with Crippen LogP contribution in [0.2, 0.25) is 0 Å². The summed E-state index contributed by atoms with van der Waals surface area (Å²) in [4.78, 5) is 20.6. The molecule has 0 saturated carbocycles. The maximum Gasteiger partial charge on any atom is 0.258 e. The Labute approximate surface area is 153 Å². The maximum absolute atomic E-state index is 12.3. The molecular formula is C18H15BrN4O2. The molecule has 7 heteroatoms. The van der Waals surface area contributed by atoms with Crippen molar-refractivity contribution in [1.82, 2.24) is 9.97 Å². The lowest BCUT2D eigenvalue weighted by atomic mass is 10.3. The monoisotopic (exact) mass is 398 g/mol. The highest BCUT2D eigenvalue weighted by atomic mass is 79.9. The Kier molecular flexibility index (Phi) is 5.25. The molecule has 1 aromatic heterocycles. The van der Waals surface area contributed by atoms with Crippen LogP contribution in [0.3, 0.4) is 0 Å². The zero-order chi connectivity index (χ0) is 17.6. The molecule has 126 valence electrons. The van der Waals surface area contributed by atoms with Crippen molar-refractivity contribution in [2.45, 2.75) is 0 Å². The van der Waals surface area contributed by atoms with Crippen molar-refractivity contribution in [3.63, 3.8) is 0 Å². The number of carbonyl (C=O) groups excluding carboxylic acids is 1. The predicted molar refractivity (Wildman–Crippen MR) is 100 cm³/mol. The van der Waals surface area contributed by atoms with Crippen LogP contribution in [0.1, 0.15) is 10.4 Å². The van der Waals surface area contributed by atoms with E-state index in [1.165, 1.54) is 12.4 Å². The number of hydrogen-bond donors (Lipinski definition) is 2. The zero-order valence-corrected chi connectivity index (χ0v) is 14.9. The number of aromatic nitrogens is 2. The molecule has 0 bridgehead atoms. The first-order chi connectivity index (χ1) is 12.2. The fourth-order valence-electron chi connectivity index (χ4n) is 2.07. The summed E-state index contributed by atoms with van der Waals surface area (Å²) < 4.78 is 5.92. The molecule has 0 saturated heterocycles. The highest BCUT2D eigenvalue weighted by Crippen LogP contribution is 2.22. The number of carbonyl (C=O) groups is 1. The average molecular weight is 399 g/mol. The standard InChI is InChI=1S/C18H15BrN4O2/c1-25-14-8-6-13(7-9-14)22-18-20-10-12(11-21-18)17(24)23-16-5-3-2-4-15(16)19/h2-11H,1H3,(H,23,24)(H,20,21,22). The van der Waals surface area contributed by atoms with Crippen molar-refractivity contribution < 1.29 is 9.53 Å². The van der Waals surface area contributed by atoms with Gasteiger partial charge in [0.15, 0.2) is 0 Å². The quantitative estimate of drug-likeness (QED) is 0.671. The largest absolute Gasteiger partial charge is 0.497 e.